The highest BCUT2D eigenvalue weighted by atomic mass is 16.4. The van der Waals surface area contributed by atoms with Crippen LogP contribution in [0, 0.1) is 12.8 Å². The van der Waals surface area contributed by atoms with E-state index >= 15 is 0 Å². The Labute approximate surface area is 204 Å². The fourth-order valence-corrected chi connectivity index (χ4v) is 4.92. The fraction of sp³-hybridized carbons (Fsp3) is 0.250. The van der Waals surface area contributed by atoms with E-state index in [2.05, 4.69) is 10.2 Å². The van der Waals surface area contributed by atoms with Crippen molar-refractivity contribution in [1.29, 1.82) is 0 Å². The number of carboxylic acid groups (broad SMARTS) is 1. The maximum absolute atomic E-state index is 11.6. The number of rotatable bonds is 6. The second kappa shape index (κ2) is 9.62. The van der Waals surface area contributed by atoms with Gasteiger partial charge in [-0.3, -0.25) is 0 Å². The molecule has 1 unspecified atom stereocenters. The molecule has 0 bridgehead atoms. The predicted molar refractivity (Wildman–Crippen MR) is 137 cm³/mol. The number of hydrogen-bond donors (Lipinski definition) is 3. The predicted octanol–water partition coefficient (Wildman–Crippen LogP) is 5.02. The number of phenols is 1. The van der Waals surface area contributed by atoms with Crippen LogP contribution < -0.4 is 10.2 Å². The Morgan fingerprint density at radius 1 is 1.09 bits per heavy atom. The highest BCUT2D eigenvalue weighted by Crippen LogP contribution is 2.34. The lowest BCUT2D eigenvalue weighted by Crippen LogP contribution is -2.42. The summed E-state index contributed by atoms with van der Waals surface area (Å²) in [5.41, 5.74) is 3.61. The summed E-state index contributed by atoms with van der Waals surface area (Å²) in [6, 6.07) is 23.0. The van der Waals surface area contributed by atoms with E-state index in [1.165, 1.54) is 0 Å². The van der Waals surface area contributed by atoms with E-state index in [-0.39, 0.29) is 17.7 Å². The molecule has 1 aliphatic rings. The van der Waals surface area contributed by atoms with Crippen molar-refractivity contribution in [1.82, 2.24) is 15.3 Å². The van der Waals surface area contributed by atoms with Crippen LogP contribution in [0.4, 0.5) is 10.6 Å². The maximum atomic E-state index is 11.6. The van der Waals surface area contributed by atoms with Gasteiger partial charge in [-0.1, -0.05) is 48.5 Å². The molecule has 4 aromatic rings. The number of hydrogen-bond acceptors (Lipinski definition) is 5. The third-order valence-electron chi connectivity index (χ3n) is 6.68. The summed E-state index contributed by atoms with van der Waals surface area (Å²) < 4.78 is 0. The second-order valence-corrected chi connectivity index (χ2v) is 9.15. The van der Waals surface area contributed by atoms with Crippen LogP contribution in [0.15, 0.2) is 72.8 Å². The Hall–Kier alpha value is -4.13. The highest BCUT2D eigenvalue weighted by Gasteiger charge is 2.32. The third kappa shape index (κ3) is 4.89. The first-order valence-electron chi connectivity index (χ1n) is 11.8. The molecule has 3 N–H and O–H groups in total. The molecule has 1 aliphatic heterocycles. The lowest BCUT2D eigenvalue weighted by atomic mass is 9.93. The number of aromatic nitrogens is 2. The third-order valence-corrected chi connectivity index (χ3v) is 6.68. The number of benzene rings is 3. The quantitative estimate of drug-likeness (QED) is 0.368. The monoisotopic (exact) mass is 468 g/mol. The minimum absolute atomic E-state index is 0.135. The maximum Gasteiger partial charge on any atom is 0.404 e. The Morgan fingerprint density at radius 3 is 2.63 bits per heavy atom. The number of fused-ring (bicyclic) bond motifs is 1. The molecule has 1 saturated heterocycles. The van der Waals surface area contributed by atoms with Crippen LogP contribution in [-0.4, -0.2) is 45.4 Å². The number of aryl methyl sites for hydroxylation is 1. The molecule has 7 nitrogen and oxygen atoms in total. The fourth-order valence-electron chi connectivity index (χ4n) is 4.92. The average molecular weight is 469 g/mol. The first-order valence-corrected chi connectivity index (χ1v) is 11.8. The molecular formula is C28H28N4O3. The SMILES string of the molecule is Cc1ccc2c(N3CC[C@@H](C(Cc4ccccc4)NC(=O)O)C3)nc(-c3ccccc3O)nc2c1. The largest absolute Gasteiger partial charge is 0.507 e. The van der Waals surface area contributed by atoms with Crippen molar-refractivity contribution in [2.75, 3.05) is 18.0 Å². The van der Waals surface area contributed by atoms with Crippen molar-refractivity contribution in [2.45, 2.75) is 25.8 Å². The van der Waals surface area contributed by atoms with Gasteiger partial charge in [-0.05, 0) is 61.1 Å². The molecule has 3 aromatic carbocycles. The number of nitrogens with zero attached hydrogens (tertiary/aromatic N) is 3. The number of amides is 1. The van der Waals surface area contributed by atoms with Crippen molar-refractivity contribution >= 4 is 22.8 Å². The number of anilines is 1. The Bertz CT molecular complexity index is 1360. The normalized spacial score (nSPS) is 16.4. The van der Waals surface area contributed by atoms with Crippen LogP contribution in [0.3, 0.4) is 0 Å². The molecule has 1 fully saturated rings. The summed E-state index contributed by atoms with van der Waals surface area (Å²) in [6.07, 6.45) is 0.480. The van der Waals surface area contributed by atoms with Gasteiger partial charge in [-0.25, -0.2) is 14.8 Å². The Kier molecular flexibility index (Phi) is 6.23. The number of nitrogens with one attached hydrogen (secondary N) is 1. The van der Waals surface area contributed by atoms with Gasteiger partial charge in [0.1, 0.15) is 11.6 Å². The van der Waals surface area contributed by atoms with E-state index in [0.29, 0.717) is 24.4 Å². The zero-order valence-electron chi connectivity index (χ0n) is 19.6. The average Bonchev–Trinajstić information content (AvgIpc) is 3.34. The summed E-state index contributed by atoms with van der Waals surface area (Å²) in [7, 11) is 0. The van der Waals surface area contributed by atoms with Gasteiger partial charge >= 0.3 is 6.09 Å². The lowest BCUT2D eigenvalue weighted by molar-refractivity contribution is 0.185. The van der Waals surface area contributed by atoms with Gasteiger partial charge in [0, 0.05) is 24.5 Å². The molecule has 7 heteroatoms. The van der Waals surface area contributed by atoms with Crippen molar-refractivity contribution < 1.29 is 15.0 Å². The van der Waals surface area contributed by atoms with Crippen molar-refractivity contribution in [2.24, 2.45) is 5.92 Å². The van der Waals surface area contributed by atoms with E-state index in [1.54, 1.807) is 12.1 Å². The summed E-state index contributed by atoms with van der Waals surface area (Å²) in [4.78, 5) is 23.5. The van der Waals surface area contributed by atoms with Crippen LogP contribution in [0.2, 0.25) is 0 Å². The van der Waals surface area contributed by atoms with E-state index in [0.717, 1.165) is 40.8 Å². The molecule has 2 heterocycles. The number of carbonyl (C=O) groups is 1. The molecule has 35 heavy (non-hydrogen) atoms. The van der Waals surface area contributed by atoms with Gasteiger partial charge in [0.05, 0.1) is 11.1 Å². The highest BCUT2D eigenvalue weighted by molar-refractivity contribution is 5.92. The van der Waals surface area contributed by atoms with Crippen molar-refractivity contribution in [3.05, 3.63) is 83.9 Å². The first-order chi connectivity index (χ1) is 17.0. The molecular weight excluding hydrogens is 440 g/mol. The van der Waals surface area contributed by atoms with E-state index in [9.17, 15) is 15.0 Å². The Balaban J connectivity index is 1.49. The smallest absolute Gasteiger partial charge is 0.404 e. The van der Waals surface area contributed by atoms with Crippen LogP contribution in [0.1, 0.15) is 17.5 Å². The summed E-state index contributed by atoms with van der Waals surface area (Å²) >= 11 is 0. The van der Waals surface area contributed by atoms with E-state index in [1.807, 2.05) is 67.6 Å². The van der Waals surface area contributed by atoms with Gasteiger partial charge in [-0.2, -0.15) is 0 Å². The molecule has 178 valence electrons. The molecule has 2 atom stereocenters. The second-order valence-electron chi connectivity index (χ2n) is 9.15. The van der Waals surface area contributed by atoms with Gasteiger partial charge in [0.2, 0.25) is 0 Å². The molecule has 1 amide bonds. The molecule has 5 rings (SSSR count). The zero-order valence-corrected chi connectivity index (χ0v) is 19.6. The van der Waals surface area contributed by atoms with Gasteiger partial charge in [0.25, 0.3) is 0 Å². The van der Waals surface area contributed by atoms with Crippen molar-refractivity contribution in [3.63, 3.8) is 0 Å². The molecule has 1 aromatic heterocycles. The standard InChI is InChI=1S/C28H28N4O3/c1-18-11-12-21-24(15-18)29-26(22-9-5-6-10-25(22)33)31-27(21)32-14-13-20(17-32)23(30-28(34)35)16-19-7-3-2-4-8-19/h2-12,15,20,23,30,33H,13-14,16-17H2,1H3,(H,34,35)/t20-,23?/m1/s1. The zero-order chi connectivity index (χ0) is 24.4. The summed E-state index contributed by atoms with van der Waals surface area (Å²) in [6.45, 7) is 3.47. The summed E-state index contributed by atoms with van der Waals surface area (Å²) in [5.74, 6) is 1.56. The lowest BCUT2D eigenvalue weighted by Gasteiger charge is -2.25. The Morgan fingerprint density at radius 2 is 1.86 bits per heavy atom. The molecule has 0 saturated carbocycles. The minimum atomic E-state index is -1.01. The van der Waals surface area contributed by atoms with Gasteiger partial charge in [-0.15, -0.1) is 0 Å². The van der Waals surface area contributed by atoms with Crippen molar-refractivity contribution in [3.8, 4) is 17.1 Å². The molecule has 0 aliphatic carbocycles. The minimum Gasteiger partial charge on any atom is -0.507 e. The van der Waals surface area contributed by atoms with Crippen LogP contribution in [0.5, 0.6) is 5.75 Å². The first kappa shape index (κ1) is 22.7. The molecule has 0 radical (unpaired) electrons. The van der Waals surface area contributed by atoms with Gasteiger partial charge < -0.3 is 20.4 Å². The number of phenolic OH excluding ortho intramolecular Hbond substituents is 1. The topological polar surface area (TPSA) is 98.6 Å². The summed E-state index contributed by atoms with van der Waals surface area (Å²) in [5, 5.41) is 23.6. The van der Waals surface area contributed by atoms with Crippen LogP contribution in [0.25, 0.3) is 22.3 Å². The number of aromatic hydroxyl groups is 1. The van der Waals surface area contributed by atoms with Gasteiger partial charge in [0.15, 0.2) is 5.82 Å². The van der Waals surface area contributed by atoms with E-state index in [4.69, 9.17) is 9.97 Å². The number of para-hydroxylation sites is 1. The van der Waals surface area contributed by atoms with Crippen LogP contribution in [-0.2, 0) is 6.42 Å². The van der Waals surface area contributed by atoms with E-state index < -0.39 is 6.09 Å². The van der Waals surface area contributed by atoms with Crippen LogP contribution >= 0.6 is 0 Å². The molecule has 0 spiro atoms.